The second-order valence-corrected chi connectivity index (χ2v) is 5.01. The maximum absolute atomic E-state index is 14.0. The van der Waals surface area contributed by atoms with Crippen molar-refractivity contribution in [1.82, 2.24) is 0 Å². The molecule has 1 saturated carbocycles. The van der Waals surface area contributed by atoms with E-state index in [0.29, 0.717) is 0 Å². The predicted octanol–water partition coefficient (Wildman–Crippen LogP) is 2.18. The fourth-order valence-corrected chi connectivity index (χ4v) is 1.50. The Hall–Kier alpha value is -0.930. The van der Waals surface area contributed by atoms with Gasteiger partial charge in [0, 0.05) is 12.8 Å². The summed E-state index contributed by atoms with van der Waals surface area (Å²) in [5, 5.41) is 0. The normalized spacial score (nSPS) is 21.2. The number of hydrogen-bond donors (Lipinski definition) is 0. The first-order chi connectivity index (χ1) is 6.73. The summed E-state index contributed by atoms with van der Waals surface area (Å²) in [6.45, 7) is 5.09. The van der Waals surface area contributed by atoms with Gasteiger partial charge in [-0.1, -0.05) is 0 Å². The molecular weight excluding hydrogens is 199 g/mol. The highest BCUT2D eigenvalue weighted by atomic mass is 19.1. The van der Waals surface area contributed by atoms with Crippen molar-refractivity contribution >= 4 is 11.8 Å². The molecule has 1 aliphatic carbocycles. The topological polar surface area (TPSA) is 43.4 Å². The van der Waals surface area contributed by atoms with Crippen molar-refractivity contribution in [3.63, 3.8) is 0 Å². The van der Waals surface area contributed by atoms with Gasteiger partial charge in [0.1, 0.15) is 11.4 Å². The molecule has 0 N–H and O–H groups in total. The molecule has 0 atom stereocenters. The molecule has 0 aliphatic heterocycles. The van der Waals surface area contributed by atoms with Crippen molar-refractivity contribution in [3.8, 4) is 0 Å². The van der Waals surface area contributed by atoms with E-state index in [1.807, 2.05) is 0 Å². The molecule has 86 valence electrons. The molecule has 0 spiro atoms. The molecule has 0 saturated heterocycles. The third-order valence-electron chi connectivity index (χ3n) is 2.36. The van der Waals surface area contributed by atoms with Crippen LogP contribution < -0.4 is 0 Å². The molecule has 0 radical (unpaired) electrons. The molecule has 0 bridgehead atoms. The molecule has 0 heterocycles. The Bertz CT molecular complexity index is 268. The van der Waals surface area contributed by atoms with Gasteiger partial charge in [-0.2, -0.15) is 0 Å². The standard InChI is InChI=1S/C11H17FO3/c1-10(2,3)15-9(14)11(12)6-4-8(13)5-7-11/h4-7H2,1-3H3. The fraction of sp³-hybridized carbons (Fsp3) is 0.818. The fourth-order valence-electron chi connectivity index (χ4n) is 1.50. The van der Waals surface area contributed by atoms with Gasteiger partial charge >= 0.3 is 5.97 Å². The lowest BCUT2D eigenvalue weighted by Crippen LogP contribution is -2.42. The van der Waals surface area contributed by atoms with Crippen LogP contribution in [0.5, 0.6) is 0 Å². The van der Waals surface area contributed by atoms with E-state index in [1.54, 1.807) is 20.8 Å². The molecule has 0 aromatic rings. The summed E-state index contributed by atoms with van der Waals surface area (Å²) in [4.78, 5) is 22.5. The van der Waals surface area contributed by atoms with Crippen molar-refractivity contribution in [2.45, 2.75) is 57.7 Å². The van der Waals surface area contributed by atoms with Crippen LogP contribution in [0, 0.1) is 0 Å². The third-order valence-corrected chi connectivity index (χ3v) is 2.36. The predicted molar refractivity (Wildman–Crippen MR) is 53.2 cm³/mol. The summed E-state index contributed by atoms with van der Waals surface area (Å²) >= 11 is 0. The lowest BCUT2D eigenvalue weighted by atomic mass is 9.85. The summed E-state index contributed by atoms with van der Waals surface area (Å²) in [7, 11) is 0. The molecule has 1 rings (SSSR count). The zero-order valence-corrected chi connectivity index (χ0v) is 9.43. The van der Waals surface area contributed by atoms with E-state index in [2.05, 4.69) is 0 Å². The SMILES string of the molecule is CC(C)(C)OC(=O)C1(F)CCC(=O)CC1. The van der Waals surface area contributed by atoms with Crippen LogP contribution in [0.3, 0.4) is 0 Å². The van der Waals surface area contributed by atoms with Crippen LogP contribution in [0.2, 0.25) is 0 Å². The van der Waals surface area contributed by atoms with Gasteiger partial charge in [-0.25, -0.2) is 9.18 Å². The lowest BCUT2D eigenvalue weighted by Gasteiger charge is -2.30. The highest BCUT2D eigenvalue weighted by Crippen LogP contribution is 2.32. The molecule has 3 nitrogen and oxygen atoms in total. The molecule has 0 unspecified atom stereocenters. The molecular formula is C11H17FO3. The number of alkyl halides is 1. The minimum absolute atomic E-state index is 0.0202. The van der Waals surface area contributed by atoms with Gasteiger partial charge in [0.15, 0.2) is 0 Å². The van der Waals surface area contributed by atoms with Crippen LogP contribution >= 0.6 is 0 Å². The number of ketones is 1. The van der Waals surface area contributed by atoms with E-state index in [9.17, 15) is 14.0 Å². The number of Topliss-reactive ketones (excluding diaryl/α,β-unsaturated/α-hetero) is 1. The van der Waals surface area contributed by atoms with Crippen LogP contribution in [-0.4, -0.2) is 23.0 Å². The van der Waals surface area contributed by atoms with E-state index in [0.717, 1.165) is 0 Å². The number of ether oxygens (including phenoxy) is 1. The molecule has 4 heteroatoms. The second kappa shape index (κ2) is 3.91. The van der Waals surface area contributed by atoms with Crippen molar-refractivity contribution in [1.29, 1.82) is 0 Å². The quantitative estimate of drug-likeness (QED) is 0.631. The molecule has 0 aromatic heterocycles. The first-order valence-electron chi connectivity index (χ1n) is 5.17. The molecule has 1 fully saturated rings. The third kappa shape index (κ3) is 3.29. The summed E-state index contributed by atoms with van der Waals surface area (Å²) in [6.07, 6.45) is 0.187. The molecule has 15 heavy (non-hydrogen) atoms. The van der Waals surface area contributed by atoms with Gasteiger partial charge in [-0.15, -0.1) is 0 Å². The lowest BCUT2D eigenvalue weighted by molar-refractivity contribution is -0.172. The zero-order chi connectivity index (χ0) is 11.7. The number of halogens is 1. The number of carbonyl (C=O) groups is 2. The summed E-state index contributed by atoms with van der Waals surface area (Å²) < 4.78 is 19.0. The van der Waals surface area contributed by atoms with Gasteiger partial charge in [0.05, 0.1) is 0 Å². The highest BCUT2D eigenvalue weighted by Gasteiger charge is 2.44. The van der Waals surface area contributed by atoms with Crippen molar-refractivity contribution in [3.05, 3.63) is 0 Å². The number of esters is 1. The molecule has 0 aromatic carbocycles. The van der Waals surface area contributed by atoms with Gasteiger partial charge in [0.2, 0.25) is 5.67 Å². The van der Waals surface area contributed by atoms with Crippen LogP contribution in [0.25, 0.3) is 0 Å². The minimum Gasteiger partial charge on any atom is -0.458 e. The number of carbonyl (C=O) groups excluding carboxylic acids is 2. The number of hydrogen-bond acceptors (Lipinski definition) is 3. The van der Waals surface area contributed by atoms with Crippen LogP contribution in [0.4, 0.5) is 4.39 Å². The van der Waals surface area contributed by atoms with Crippen molar-refractivity contribution < 1.29 is 18.7 Å². The van der Waals surface area contributed by atoms with E-state index in [-0.39, 0.29) is 31.5 Å². The van der Waals surface area contributed by atoms with Crippen LogP contribution in [0.1, 0.15) is 46.5 Å². The van der Waals surface area contributed by atoms with E-state index in [4.69, 9.17) is 4.74 Å². The number of rotatable bonds is 1. The van der Waals surface area contributed by atoms with Crippen molar-refractivity contribution in [2.75, 3.05) is 0 Å². The van der Waals surface area contributed by atoms with E-state index < -0.39 is 17.2 Å². The molecule has 1 aliphatic rings. The average molecular weight is 216 g/mol. The summed E-state index contributed by atoms with van der Waals surface area (Å²) in [5.74, 6) is -0.811. The Labute approximate surface area is 89.0 Å². The summed E-state index contributed by atoms with van der Waals surface area (Å²) in [6, 6.07) is 0. The Kier molecular flexibility index (Phi) is 3.16. The Morgan fingerprint density at radius 3 is 2.20 bits per heavy atom. The van der Waals surface area contributed by atoms with E-state index in [1.165, 1.54) is 0 Å². The Balaban J connectivity index is 2.62. The van der Waals surface area contributed by atoms with Gasteiger partial charge in [-0.05, 0) is 33.6 Å². The highest BCUT2D eigenvalue weighted by molar-refractivity contribution is 5.86. The van der Waals surface area contributed by atoms with Crippen LogP contribution in [0.15, 0.2) is 0 Å². The monoisotopic (exact) mass is 216 g/mol. The first-order valence-corrected chi connectivity index (χ1v) is 5.17. The largest absolute Gasteiger partial charge is 0.458 e. The van der Waals surface area contributed by atoms with Gasteiger partial charge < -0.3 is 4.74 Å². The Morgan fingerprint density at radius 2 is 1.80 bits per heavy atom. The maximum Gasteiger partial charge on any atom is 0.344 e. The average Bonchev–Trinajstić information content (AvgIpc) is 2.07. The van der Waals surface area contributed by atoms with Gasteiger partial charge in [0.25, 0.3) is 0 Å². The Morgan fingerprint density at radius 1 is 1.33 bits per heavy atom. The van der Waals surface area contributed by atoms with E-state index >= 15 is 0 Å². The maximum atomic E-state index is 14.0. The zero-order valence-electron chi connectivity index (χ0n) is 9.43. The van der Waals surface area contributed by atoms with Crippen molar-refractivity contribution in [2.24, 2.45) is 0 Å². The first kappa shape index (κ1) is 12.1. The minimum atomic E-state index is -1.96. The second-order valence-electron chi connectivity index (χ2n) is 5.01. The smallest absolute Gasteiger partial charge is 0.344 e. The molecule has 0 amide bonds. The van der Waals surface area contributed by atoms with Gasteiger partial charge in [-0.3, -0.25) is 4.79 Å². The summed E-state index contributed by atoms with van der Waals surface area (Å²) in [5.41, 5.74) is -2.64. The van der Waals surface area contributed by atoms with Crippen LogP contribution in [-0.2, 0) is 14.3 Å².